The van der Waals surface area contributed by atoms with Crippen molar-refractivity contribution in [1.29, 1.82) is 0 Å². The van der Waals surface area contributed by atoms with Gasteiger partial charge in [0, 0.05) is 30.8 Å². The molecule has 4 heteroatoms. The van der Waals surface area contributed by atoms with Gasteiger partial charge in [0.15, 0.2) is 0 Å². The van der Waals surface area contributed by atoms with Crippen molar-refractivity contribution in [3.63, 3.8) is 0 Å². The molecule has 2 atom stereocenters. The molecule has 0 amide bonds. The number of quaternary nitrogens is 1. The van der Waals surface area contributed by atoms with E-state index in [0.29, 0.717) is 0 Å². The summed E-state index contributed by atoms with van der Waals surface area (Å²) in [6, 6.07) is 12.5. The van der Waals surface area contributed by atoms with Crippen LogP contribution in [0.3, 0.4) is 0 Å². The Kier molecular flexibility index (Phi) is 3.97. The van der Waals surface area contributed by atoms with Crippen LogP contribution in [-0.2, 0) is 17.6 Å². The number of nitrogens with one attached hydrogen (secondary N) is 1. The van der Waals surface area contributed by atoms with E-state index >= 15 is 0 Å². The Balaban J connectivity index is 1.92. The minimum absolute atomic E-state index is 0.0596. The van der Waals surface area contributed by atoms with Crippen LogP contribution in [0.5, 0.6) is 0 Å². The molecule has 0 radical (unpaired) electrons. The topological polar surface area (TPSA) is 57.5 Å². The number of hydrogen-bond acceptors (Lipinski definition) is 3. The fraction of sp³-hybridized carbons (Fsp3) is 0.294. The third-order valence-electron chi connectivity index (χ3n) is 4.20. The summed E-state index contributed by atoms with van der Waals surface area (Å²) in [5.74, 6) is -0.982. The molecule has 0 bridgehead atoms. The Hall–Kier alpha value is -2.20. The molecule has 4 nitrogen and oxygen atoms in total. The smallest absolute Gasteiger partial charge is 0.118 e. The van der Waals surface area contributed by atoms with Crippen molar-refractivity contribution >= 4 is 5.97 Å². The number of hydrogen-bond donors (Lipinski definition) is 1. The summed E-state index contributed by atoms with van der Waals surface area (Å²) in [6.07, 6.45) is 5.30. The first-order valence-electron chi connectivity index (χ1n) is 7.25. The molecule has 1 aliphatic rings. The van der Waals surface area contributed by atoms with Gasteiger partial charge in [0.05, 0.1) is 12.5 Å². The Morgan fingerprint density at radius 2 is 2.00 bits per heavy atom. The summed E-state index contributed by atoms with van der Waals surface area (Å²) in [5, 5.41) is 11.0. The standard InChI is InChI=1S/C17H18N2O2/c20-17(21)12-19-10-7-14-3-1-2-4-15(14)16(19)11-13-5-8-18-9-6-13/h1-6,8-9,16H,7,10-12H2,(H,20,21)/t16-/m0/s1. The van der Waals surface area contributed by atoms with Crippen LogP contribution in [0.1, 0.15) is 22.7 Å². The van der Waals surface area contributed by atoms with Crippen molar-refractivity contribution in [2.75, 3.05) is 13.1 Å². The van der Waals surface area contributed by atoms with Gasteiger partial charge in [0.25, 0.3) is 0 Å². The SMILES string of the molecule is O=C([O-])C[NH+]1CCc2ccccc2[C@@H]1Cc1ccncc1. The predicted octanol–water partition coefficient (Wildman–Crippen LogP) is -0.444. The molecule has 0 aliphatic carbocycles. The van der Waals surface area contributed by atoms with Gasteiger partial charge in [0.1, 0.15) is 12.6 Å². The number of carboxylic acid groups (broad SMARTS) is 1. The highest BCUT2D eigenvalue weighted by atomic mass is 16.4. The van der Waals surface area contributed by atoms with E-state index in [0.717, 1.165) is 24.3 Å². The van der Waals surface area contributed by atoms with Crippen molar-refractivity contribution in [1.82, 2.24) is 4.98 Å². The van der Waals surface area contributed by atoms with Gasteiger partial charge in [-0.2, -0.15) is 0 Å². The number of nitrogens with zero attached hydrogens (tertiary/aromatic N) is 1. The average molecular weight is 282 g/mol. The zero-order valence-electron chi connectivity index (χ0n) is 11.8. The number of rotatable bonds is 4. The summed E-state index contributed by atoms with van der Waals surface area (Å²) in [6.45, 7) is 0.894. The fourth-order valence-corrected chi connectivity index (χ4v) is 3.20. The van der Waals surface area contributed by atoms with E-state index in [-0.39, 0.29) is 12.6 Å². The van der Waals surface area contributed by atoms with Crippen LogP contribution in [0.25, 0.3) is 0 Å². The predicted molar refractivity (Wildman–Crippen MR) is 76.5 cm³/mol. The third kappa shape index (κ3) is 3.11. The summed E-state index contributed by atoms with van der Waals surface area (Å²) in [5.41, 5.74) is 3.78. The van der Waals surface area contributed by atoms with E-state index in [1.54, 1.807) is 12.4 Å². The highest BCUT2D eigenvalue weighted by molar-refractivity contribution is 5.65. The van der Waals surface area contributed by atoms with Crippen LogP contribution in [0.15, 0.2) is 48.8 Å². The Labute approximate surface area is 124 Å². The maximum Gasteiger partial charge on any atom is 0.118 e. The van der Waals surface area contributed by atoms with Crippen molar-refractivity contribution < 1.29 is 14.8 Å². The molecule has 2 heterocycles. The van der Waals surface area contributed by atoms with Crippen LogP contribution >= 0.6 is 0 Å². The van der Waals surface area contributed by atoms with Crippen molar-refractivity contribution in [2.45, 2.75) is 18.9 Å². The molecule has 108 valence electrons. The monoisotopic (exact) mass is 282 g/mol. The maximum atomic E-state index is 11.0. The number of fused-ring (bicyclic) bond motifs is 1. The lowest BCUT2D eigenvalue weighted by Crippen LogP contribution is -3.14. The molecule has 1 aliphatic heterocycles. The first-order chi connectivity index (χ1) is 10.2. The number of carbonyl (C=O) groups excluding carboxylic acids is 1. The number of pyridine rings is 1. The lowest BCUT2D eigenvalue weighted by molar-refractivity contribution is -0.928. The van der Waals surface area contributed by atoms with E-state index in [1.165, 1.54) is 16.7 Å². The van der Waals surface area contributed by atoms with E-state index < -0.39 is 5.97 Å². The second-order valence-electron chi connectivity index (χ2n) is 5.52. The lowest BCUT2D eigenvalue weighted by Gasteiger charge is -2.34. The molecule has 1 aromatic carbocycles. The van der Waals surface area contributed by atoms with Crippen LogP contribution < -0.4 is 10.0 Å². The summed E-state index contributed by atoms with van der Waals surface area (Å²) in [7, 11) is 0. The fourth-order valence-electron chi connectivity index (χ4n) is 3.20. The van der Waals surface area contributed by atoms with Gasteiger partial charge in [-0.15, -0.1) is 0 Å². The second kappa shape index (κ2) is 6.06. The average Bonchev–Trinajstić information content (AvgIpc) is 2.50. The summed E-state index contributed by atoms with van der Waals surface area (Å²) < 4.78 is 0. The Bertz CT molecular complexity index is 628. The molecule has 0 spiro atoms. The first kappa shape index (κ1) is 13.8. The number of aliphatic carboxylic acids is 1. The second-order valence-corrected chi connectivity index (χ2v) is 5.52. The zero-order valence-corrected chi connectivity index (χ0v) is 11.8. The molecule has 1 unspecified atom stereocenters. The minimum Gasteiger partial charge on any atom is -0.544 e. The summed E-state index contributed by atoms with van der Waals surface area (Å²) in [4.78, 5) is 16.1. The van der Waals surface area contributed by atoms with Crippen molar-refractivity contribution in [2.24, 2.45) is 0 Å². The van der Waals surface area contributed by atoms with Crippen LogP contribution in [0.4, 0.5) is 0 Å². The van der Waals surface area contributed by atoms with Gasteiger partial charge < -0.3 is 14.8 Å². The highest BCUT2D eigenvalue weighted by Crippen LogP contribution is 2.22. The number of benzene rings is 1. The Morgan fingerprint density at radius 1 is 1.24 bits per heavy atom. The van der Waals surface area contributed by atoms with Gasteiger partial charge in [-0.3, -0.25) is 4.98 Å². The quantitative estimate of drug-likeness (QED) is 0.827. The van der Waals surface area contributed by atoms with Gasteiger partial charge >= 0.3 is 0 Å². The molecular formula is C17H18N2O2. The van der Waals surface area contributed by atoms with E-state index in [1.807, 2.05) is 24.3 Å². The van der Waals surface area contributed by atoms with Gasteiger partial charge in [-0.25, -0.2) is 0 Å². The number of carbonyl (C=O) groups is 1. The molecule has 1 N–H and O–H groups in total. The van der Waals surface area contributed by atoms with E-state index in [9.17, 15) is 9.90 Å². The highest BCUT2D eigenvalue weighted by Gasteiger charge is 2.30. The largest absolute Gasteiger partial charge is 0.544 e. The van der Waals surface area contributed by atoms with E-state index in [2.05, 4.69) is 17.1 Å². The van der Waals surface area contributed by atoms with Gasteiger partial charge in [-0.05, 0) is 23.3 Å². The van der Waals surface area contributed by atoms with E-state index in [4.69, 9.17) is 0 Å². The van der Waals surface area contributed by atoms with Crippen molar-refractivity contribution in [3.05, 3.63) is 65.5 Å². The zero-order chi connectivity index (χ0) is 14.7. The molecule has 1 aromatic heterocycles. The number of carboxylic acids is 1. The molecule has 0 saturated heterocycles. The molecule has 0 fully saturated rings. The molecule has 21 heavy (non-hydrogen) atoms. The van der Waals surface area contributed by atoms with Crippen LogP contribution in [0, 0.1) is 0 Å². The summed E-state index contributed by atoms with van der Waals surface area (Å²) >= 11 is 0. The van der Waals surface area contributed by atoms with Gasteiger partial charge in [-0.1, -0.05) is 24.3 Å². The van der Waals surface area contributed by atoms with Crippen molar-refractivity contribution in [3.8, 4) is 0 Å². The van der Waals surface area contributed by atoms with Gasteiger partial charge in [0.2, 0.25) is 0 Å². The lowest BCUT2D eigenvalue weighted by atomic mass is 9.89. The first-order valence-corrected chi connectivity index (χ1v) is 7.25. The maximum absolute atomic E-state index is 11.0. The normalized spacial score (nSPS) is 20.8. The number of aromatic nitrogens is 1. The molecule has 2 aromatic rings. The minimum atomic E-state index is -0.982. The molecule has 3 rings (SSSR count). The third-order valence-corrected chi connectivity index (χ3v) is 4.20. The van der Waals surface area contributed by atoms with Crippen LogP contribution in [0.2, 0.25) is 0 Å². The molecule has 0 saturated carbocycles. The Morgan fingerprint density at radius 3 is 2.76 bits per heavy atom. The van der Waals surface area contributed by atoms with Crippen LogP contribution in [-0.4, -0.2) is 24.0 Å². The molecular weight excluding hydrogens is 264 g/mol.